The molecule has 20 heavy (non-hydrogen) atoms. The van der Waals surface area contributed by atoms with E-state index in [4.69, 9.17) is 5.11 Å². The normalized spacial score (nSPS) is 15.6. The molecule has 110 valence electrons. The summed E-state index contributed by atoms with van der Waals surface area (Å²) in [4.78, 5) is 3.67. The lowest BCUT2D eigenvalue weighted by Gasteiger charge is -2.27. The minimum atomic E-state index is 0.116. The van der Waals surface area contributed by atoms with Crippen LogP contribution < -0.4 is 0 Å². The predicted molar refractivity (Wildman–Crippen MR) is 82.7 cm³/mol. The Bertz CT molecular complexity index is 455. The molecular weight excluding hydrogens is 270 g/mol. The van der Waals surface area contributed by atoms with Crippen molar-refractivity contribution in [2.75, 3.05) is 19.8 Å². The lowest BCUT2D eigenvalue weighted by molar-refractivity contribution is 0.146. The molecule has 1 aliphatic rings. The van der Waals surface area contributed by atoms with E-state index < -0.39 is 0 Å². The Hall–Kier alpha value is -0.860. The first-order valence-electron chi connectivity index (χ1n) is 7.36. The molecule has 0 aromatic carbocycles. The van der Waals surface area contributed by atoms with Gasteiger partial charge >= 0.3 is 0 Å². The van der Waals surface area contributed by atoms with Crippen molar-refractivity contribution < 1.29 is 10.2 Å². The highest BCUT2D eigenvalue weighted by Gasteiger charge is 2.23. The van der Waals surface area contributed by atoms with E-state index in [1.165, 1.54) is 30.6 Å². The SMILES string of the molecule is OCCC#Cc1ccsc1CN(CCO)C1CCCC1. The second-order valence-electron chi connectivity index (χ2n) is 5.17. The van der Waals surface area contributed by atoms with Crippen LogP contribution in [-0.2, 0) is 6.54 Å². The molecule has 2 rings (SSSR count). The summed E-state index contributed by atoms with van der Waals surface area (Å²) in [6.07, 6.45) is 5.63. The van der Waals surface area contributed by atoms with Gasteiger partial charge in [0.1, 0.15) is 0 Å². The highest BCUT2D eigenvalue weighted by Crippen LogP contribution is 2.26. The number of hydrogen-bond donors (Lipinski definition) is 2. The molecule has 1 aliphatic carbocycles. The summed E-state index contributed by atoms with van der Waals surface area (Å²) in [6.45, 7) is 1.96. The molecule has 0 atom stereocenters. The van der Waals surface area contributed by atoms with E-state index in [0.29, 0.717) is 12.5 Å². The van der Waals surface area contributed by atoms with Crippen molar-refractivity contribution in [2.45, 2.75) is 44.7 Å². The van der Waals surface area contributed by atoms with Crippen molar-refractivity contribution in [1.82, 2.24) is 4.90 Å². The van der Waals surface area contributed by atoms with Gasteiger partial charge in [-0.15, -0.1) is 11.3 Å². The maximum absolute atomic E-state index is 9.27. The van der Waals surface area contributed by atoms with E-state index in [1.54, 1.807) is 11.3 Å². The molecule has 0 spiro atoms. The van der Waals surface area contributed by atoms with Crippen LogP contribution in [0.5, 0.6) is 0 Å². The Morgan fingerprint density at radius 3 is 2.75 bits per heavy atom. The fourth-order valence-electron chi connectivity index (χ4n) is 2.76. The zero-order chi connectivity index (χ0) is 14.2. The van der Waals surface area contributed by atoms with Crippen LogP contribution in [0, 0.1) is 11.8 Å². The predicted octanol–water partition coefficient (Wildman–Crippen LogP) is 2.22. The molecule has 1 aromatic heterocycles. The van der Waals surface area contributed by atoms with Gasteiger partial charge in [-0.1, -0.05) is 24.7 Å². The average molecular weight is 293 g/mol. The fraction of sp³-hybridized carbons (Fsp3) is 0.625. The standard InChI is InChI=1S/C16H23NO2S/c18-10-4-3-5-14-8-12-20-16(14)13-17(9-11-19)15-6-1-2-7-15/h8,12,15,18-19H,1-2,4,6-7,9-11,13H2. The van der Waals surface area contributed by atoms with Gasteiger partial charge in [0, 0.05) is 36.0 Å². The molecule has 1 heterocycles. The molecule has 1 aromatic rings. The summed E-state index contributed by atoms with van der Waals surface area (Å²) in [5.41, 5.74) is 1.07. The van der Waals surface area contributed by atoms with E-state index in [1.807, 2.05) is 0 Å². The molecule has 0 amide bonds. The van der Waals surface area contributed by atoms with Gasteiger partial charge in [0.25, 0.3) is 0 Å². The van der Waals surface area contributed by atoms with Crippen LogP contribution in [-0.4, -0.2) is 40.9 Å². The van der Waals surface area contributed by atoms with Crippen LogP contribution >= 0.6 is 11.3 Å². The lowest BCUT2D eigenvalue weighted by atomic mass is 10.2. The summed E-state index contributed by atoms with van der Waals surface area (Å²) in [5.74, 6) is 6.13. The van der Waals surface area contributed by atoms with Crippen molar-refractivity contribution >= 4 is 11.3 Å². The highest BCUT2D eigenvalue weighted by atomic mass is 32.1. The summed E-state index contributed by atoms with van der Waals surface area (Å²) < 4.78 is 0. The molecule has 0 saturated heterocycles. The third-order valence-electron chi connectivity index (χ3n) is 3.78. The Morgan fingerprint density at radius 1 is 1.25 bits per heavy atom. The first-order valence-corrected chi connectivity index (χ1v) is 8.24. The molecule has 0 unspecified atom stereocenters. The molecular formula is C16H23NO2S. The molecule has 0 aliphatic heterocycles. The molecule has 4 heteroatoms. The van der Waals surface area contributed by atoms with Gasteiger partial charge in [0.15, 0.2) is 0 Å². The Kier molecular flexibility index (Phi) is 6.55. The van der Waals surface area contributed by atoms with Crippen LogP contribution in [0.3, 0.4) is 0 Å². The summed E-state index contributed by atoms with van der Waals surface area (Å²) in [5, 5.41) is 20.1. The highest BCUT2D eigenvalue weighted by molar-refractivity contribution is 7.10. The van der Waals surface area contributed by atoms with Gasteiger partial charge < -0.3 is 10.2 Å². The first kappa shape index (κ1) is 15.5. The number of thiophene rings is 1. The smallest absolute Gasteiger partial charge is 0.0558 e. The topological polar surface area (TPSA) is 43.7 Å². The first-order chi connectivity index (χ1) is 9.85. The van der Waals surface area contributed by atoms with E-state index >= 15 is 0 Å². The number of rotatable bonds is 6. The monoisotopic (exact) mass is 293 g/mol. The van der Waals surface area contributed by atoms with Crippen LogP contribution in [0.15, 0.2) is 11.4 Å². The number of nitrogens with zero attached hydrogens (tertiary/aromatic N) is 1. The van der Waals surface area contributed by atoms with E-state index in [2.05, 4.69) is 28.2 Å². The zero-order valence-corrected chi connectivity index (χ0v) is 12.7. The maximum Gasteiger partial charge on any atom is 0.0558 e. The Balaban J connectivity index is 2.03. The van der Waals surface area contributed by atoms with Gasteiger partial charge in [0.05, 0.1) is 13.2 Å². The molecule has 2 N–H and O–H groups in total. The zero-order valence-electron chi connectivity index (χ0n) is 11.8. The Labute approximate surface area is 125 Å². The Morgan fingerprint density at radius 2 is 2.05 bits per heavy atom. The van der Waals surface area contributed by atoms with Crippen LogP contribution in [0.1, 0.15) is 42.5 Å². The minimum Gasteiger partial charge on any atom is -0.395 e. The van der Waals surface area contributed by atoms with E-state index in [-0.39, 0.29) is 13.2 Å². The number of aliphatic hydroxyl groups is 2. The van der Waals surface area contributed by atoms with Crippen LogP contribution in [0.4, 0.5) is 0 Å². The fourth-order valence-corrected chi connectivity index (χ4v) is 3.62. The molecule has 3 nitrogen and oxygen atoms in total. The molecule has 1 fully saturated rings. The third-order valence-corrected chi connectivity index (χ3v) is 4.69. The van der Waals surface area contributed by atoms with Crippen molar-refractivity contribution in [3.63, 3.8) is 0 Å². The lowest BCUT2D eigenvalue weighted by Crippen LogP contribution is -2.35. The largest absolute Gasteiger partial charge is 0.395 e. The van der Waals surface area contributed by atoms with Crippen molar-refractivity contribution in [2.24, 2.45) is 0 Å². The molecule has 1 saturated carbocycles. The minimum absolute atomic E-state index is 0.116. The van der Waals surface area contributed by atoms with Crippen molar-refractivity contribution in [3.05, 3.63) is 21.9 Å². The molecule has 0 radical (unpaired) electrons. The average Bonchev–Trinajstić information content (AvgIpc) is 3.10. The van der Waals surface area contributed by atoms with Crippen LogP contribution in [0.25, 0.3) is 0 Å². The van der Waals surface area contributed by atoms with Gasteiger partial charge in [-0.2, -0.15) is 0 Å². The third kappa shape index (κ3) is 4.32. The van der Waals surface area contributed by atoms with Crippen molar-refractivity contribution in [1.29, 1.82) is 0 Å². The maximum atomic E-state index is 9.27. The van der Waals surface area contributed by atoms with Gasteiger partial charge in [0.2, 0.25) is 0 Å². The summed E-state index contributed by atoms with van der Waals surface area (Å²) >= 11 is 1.73. The van der Waals surface area contributed by atoms with Gasteiger partial charge in [-0.25, -0.2) is 0 Å². The quantitative estimate of drug-likeness (QED) is 0.791. The van der Waals surface area contributed by atoms with E-state index in [9.17, 15) is 5.11 Å². The summed E-state index contributed by atoms with van der Waals surface area (Å²) in [6, 6.07) is 2.67. The second-order valence-corrected chi connectivity index (χ2v) is 6.17. The van der Waals surface area contributed by atoms with Gasteiger partial charge in [-0.3, -0.25) is 4.90 Å². The van der Waals surface area contributed by atoms with Crippen molar-refractivity contribution in [3.8, 4) is 11.8 Å². The van der Waals surface area contributed by atoms with E-state index in [0.717, 1.165) is 18.7 Å². The molecule has 0 bridgehead atoms. The number of aliphatic hydroxyl groups excluding tert-OH is 2. The van der Waals surface area contributed by atoms with Crippen LogP contribution in [0.2, 0.25) is 0 Å². The van der Waals surface area contributed by atoms with Gasteiger partial charge in [-0.05, 0) is 24.3 Å². The summed E-state index contributed by atoms with van der Waals surface area (Å²) in [7, 11) is 0. The number of hydrogen-bond acceptors (Lipinski definition) is 4. The second kappa shape index (κ2) is 8.43.